The topological polar surface area (TPSA) is 111 Å². The van der Waals surface area contributed by atoms with Crippen molar-refractivity contribution in [3.8, 4) is 0 Å². The minimum absolute atomic E-state index is 0.0676. The van der Waals surface area contributed by atoms with Gasteiger partial charge in [0.1, 0.15) is 5.82 Å². The van der Waals surface area contributed by atoms with Crippen LogP contribution in [0.25, 0.3) is 0 Å². The molecule has 102 valence electrons. The number of rotatable bonds is 4. The van der Waals surface area contributed by atoms with Gasteiger partial charge in [-0.25, -0.2) is 4.98 Å². The first kappa shape index (κ1) is 13.6. The van der Waals surface area contributed by atoms with Crippen LogP contribution in [0.1, 0.15) is 15.9 Å². The minimum atomic E-state index is -0.521. The van der Waals surface area contributed by atoms with Gasteiger partial charge in [-0.05, 0) is 18.2 Å². The number of nitrogens with zero attached hydrogens (tertiary/aromatic N) is 2. The van der Waals surface area contributed by atoms with Crippen LogP contribution in [-0.2, 0) is 6.54 Å². The molecule has 7 nitrogen and oxygen atoms in total. The normalized spacial score (nSPS) is 10.1. The zero-order chi connectivity index (χ0) is 14.5. The van der Waals surface area contributed by atoms with E-state index in [2.05, 4.69) is 10.3 Å². The first-order chi connectivity index (χ1) is 9.61. The van der Waals surface area contributed by atoms with Gasteiger partial charge < -0.3 is 11.1 Å². The minimum Gasteiger partial charge on any atom is -0.326 e. The third kappa shape index (κ3) is 2.96. The zero-order valence-electron chi connectivity index (χ0n) is 10.4. The van der Waals surface area contributed by atoms with Crippen LogP contribution in [0.15, 0.2) is 42.6 Å². The molecule has 7 heteroatoms. The van der Waals surface area contributed by atoms with Gasteiger partial charge in [0.2, 0.25) is 0 Å². The number of carbonyl (C=O) groups excluding carboxylic acids is 1. The van der Waals surface area contributed by atoms with Gasteiger partial charge in [0, 0.05) is 36.0 Å². The highest BCUT2D eigenvalue weighted by atomic mass is 16.6. The molecule has 20 heavy (non-hydrogen) atoms. The molecule has 1 heterocycles. The average molecular weight is 272 g/mol. The highest BCUT2D eigenvalue weighted by Crippen LogP contribution is 2.15. The van der Waals surface area contributed by atoms with Crippen LogP contribution in [0.2, 0.25) is 0 Å². The summed E-state index contributed by atoms with van der Waals surface area (Å²) in [4.78, 5) is 26.1. The quantitative estimate of drug-likeness (QED) is 0.650. The second-order valence-corrected chi connectivity index (χ2v) is 3.97. The molecule has 1 amide bonds. The molecule has 2 aromatic rings. The highest BCUT2D eigenvalue weighted by molar-refractivity contribution is 6.04. The molecule has 0 fully saturated rings. The summed E-state index contributed by atoms with van der Waals surface area (Å²) in [6.07, 6.45) is 1.55. The van der Waals surface area contributed by atoms with Crippen molar-refractivity contribution in [2.45, 2.75) is 6.54 Å². The predicted octanol–water partition coefficient (Wildman–Crippen LogP) is 1.70. The molecule has 1 aromatic heterocycles. The Morgan fingerprint density at radius 3 is 2.60 bits per heavy atom. The smallest absolute Gasteiger partial charge is 0.269 e. The lowest BCUT2D eigenvalue weighted by atomic mass is 10.2. The summed E-state index contributed by atoms with van der Waals surface area (Å²) in [6, 6.07) is 8.81. The molecule has 1 aromatic carbocycles. The number of anilines is 1. The fourth-order valence-electron chi connectivity index (χ4n) is 1.63. The molecular weight excluding hydrogens is 260 g/mol. The van der Waals surface area contributed by atoms with E-state index in [1.807, 2.05) is 0 Å². The molecule has 2 rings (SSSR count). The summed E-state index contributed by atoms with van der Waals surface area (Å²) in [7, 11) is 0. The lowest BCUT2D eigenvalue weighted by Crippen LogP contribution is -2.15. The molecule has 0 radical (unpaired) electrons. The maximum Gasteiger partial charge on any atom is 0.269 e. The Balaban J connectivity index is 2.17. The highest BCUT2D eigenvalue weighted by Gasteiger charge is 2.11. The summed E-state index contributed by atoms with van der Waals surface area (Å²) < 4.78 is 0. The van der Waals surface area contributed by atoms with Crippen molar-refractivity contribution in [2.75, 3.05) is 5.32 Å². The van der Waals surface area contributed by atoms with Crippen LogP contribution in [0.3, 0.4) is 0 Å². The van der Waals surface area contributed by atoms with E-state index in [9.17, 15) is 14.9 Å². The zero-order valence-corrected chi connectivity index (χ0v) is 10.4. The standard InChI is InChI=1S/C13H12N4O3/c14-8-10-2-1-7-15-12(10)16-13(18)9-3-5-11(6-4-9)17(19)20/h1-7H,8,14H2,(H,15,16,18). The molecular formula is C13H12N4O3. The largest absolute Gasteiger partial charge is 0.326 e. The second-order valence-electron chi connectivity index (χ2n) is 3.97. The van der Waals surface area contributed by atoms with Gasteiger partial charge in [-0.1, -0.05) is 6.07 Å². The molecule has 0 aliphatic carbocycles. The number of non-ortho nitro benzene ring substituents is 1. The molecule has 0 atom stereocenters. The van der Waals surface area contributed by atoms with Crippen molar-refractivity contribution in [3.63, 3.8) is 0 Å². The molecule has 0 aliphatic heterocycles. The van der Waals surface area contributed by atoms with Gasteiger partial charge in [-0.3, -0.25) is 14.9 Å². The predicted molar refractivity (Wildman–Crippen MR) is 73.2 cm³/mol. The number of nitro benzene ring substituents is 1. The summed E-state index contributed by atoms with van der Waals surface area (Å²) in [6.45, 7) is 0.254. The Bertz CT molecular complexity index is 640. The van der Waals surface area contributed by atoms with Gasteiger partial charge in [0.05, 0.1) is 4.92 Å². The number of nitrogens with two attached hydrogens (primary N) is 1. The van der Waals surface area contributed by atoms with Crippen molar-refractivity contribution in [1.29, 1.82) is 0 Å². The SMILES string of the molecule is NCc1cccnc1NC(=O)c1ccc([N+](=O)[O-])cc1. The van der Waals surface area contributed by atoms with E-state index < -0.39 is 10.8 Å². The van der Waals surface area contributed by atoms with E-state index in [1.54, 1.807) is 18.3 Å². The van der Waals surface area contributed by atoms with E-state index >= 15 is 0 Å². The first-order valence-corrected chi connectivity index (χ1v) is 5.81. The maximum absolute atomic E-state index is 12.0. The van der Waals surface area contributed by atoms with E-state index in [0.29, 0.717) is 16.9 Å². The molecule has 0 saturated heterocycles. The third-order valence-electron chi connectivity index (χ3n) is 2.68. The number of nitrogens with one attached hydrogen (secondary N) is 1. The second kappa shape index (κ2) is 5.89. The number of aromatic nitrogens is 1. The van der Waals surface area contributed by atoms with Crippen LogP contribution in [0.5, 0.6) is 0 Å². The summed E-state index contributed by atoms with van der Waals surface area (Å²) in [5.41, 5.74) is 6.50. The van der Waals surface area contributed by atoms with E-state index in [-0.39, 0.29) is 12.2 Å². The van der Waals surface area contributed by atoms with Gasteiger partial charge in [-0.2, -0.15) is 0 Å². The lowest BCUT2D eigenvalue weighted by Gasteiger charge is -2.08. The average Bonchev–Trinajstić information content (AvgIpc) is 2.48. The Morgan fingerprint density at radius 2 is 2.00 bits per heavy atom. The number of hydrogen-bond acceptors (Lipinski definition) is 5. The van der Waals surface area contributed by atoms with E-state index in [0.717, 1.165) is 0 Å². The Labute approximate surface area is 114 Å². The summed E-state index contributed by atoms with van der Waals surface area (Å²) in [5.74, 6) is -0.00773. The molecule has 0 saturated carbocycles. The number of pyridine rings is 1. The van der Waals surface area contributed by atoms with E-state index in [4.69, 9.17) is 5.73 Å². The number of nitro groups is 1. The van der Waals surface area contributed by atoms with Crippen LogP contribution < -0.4 is 11.1 Å². The van der Waals surface area contributed by atoms with Crippen molar-refractivity contribution in [1.82, 2.24) is 4.98 Å². The molecule has 0 bridgehead atoms. The number of benzene rings is 1. The van der Waals surface area contributed by atoms with Crippen molar-refractivity contribution in [2.24, 2.45) is 5.73 Å². The molecule has 0 spiro atoms. The number of amides is 1. The fraction of sp³-hybridized carbons (Fsp3) is 0.0769. The Morgan fingerprint density at radius 1 is 1.30 bits per heavy atom. The number of carbonyl (C=O) groups is 1. The van der Waals surface area contributed by atoms with Gasteiger partial charge in [-0.15, -0.1) is 0 Å². The fourth-order valence-corrected chi connectivity index (χ4v) is 1.63. The summed E-state index contributed by atoms with van der Waals surface area (Å²) in [5, 5.41) is 13.2. The first-order valence-electron chi connectivity index (χ1n) is 5.81. The van der Waals surface area contributed by atoms with Crippen molar-refractivity contribution >= 4 is 17.4 Å². The van der Waals surface area contributed by atoms with Crippen molar-refractivity contribution in [3.05, 3.63) is 63.8 Å². The molecule has 0 aliphatic rings. The Kier molecular flexibility index (Phi) is 4.02. The van der Waals surface area contributed by atoms with Crippen LogP contribution >= 0.6 is 0 Å². The summed E-state index contributed by atoms with van der Waals surface area (Å²) >= 11 is 0. The van der Waals surface area contributed by atoms with Gasteiger partial charge in [0.25, 0.3) is 11.6 Å². The van der Waals surface area contributed by atoms with Crippen LogP contribution in [-0.4, -0.2) is 15.8 Å². The van der Waals surface area contributed by atoms with Gasteiger partial charge >= 0.3 is 0 Å². The maximum atomic E-state index is 12.0. The van der Waals surface area contributed by atoms with Gasteiger partial charge in [0.15, 0.2) is 0 Å². The lowest BCUT2D eigenvalue weighted by molar-refractivity contribution is -0.384. The Hall–Kier alpha value is -2.80. The third-order valence-corrected chi connectivity index (χ3v) is 2.68. The number of hydrogen-bond donors (Lipinski definition) is 2. The van der Waals surface area contributed by atoms with E-state index in [1.165, 1.54) is 24.3 Å². The molecule has 3 N–H and O–H groups in total. The monoisotopic (exact) mass is 272 g/mol. The van der Waals surface area contributed by atoms with Crippen molar-refractivity contribution < 1.29 is 9.72 Å². The van der Waals surface area contributed by atoms with Crippen LogP contribution in [0.4, 0.5) is 11.5 Å². The van der Waals surface area contributed by atoms with Crippen LogP contribution in [0, 0.1) is 10.1 Å². The molecule has 0 unspecified atom stereocenters.